The number of rotatable bonds is 3. The van der Waals surface area contributed by atoms with E-state index in [-0.39, 0.29) is 5.96 Å². The summed E-state index contributed by atoms with van der Waals surface area (Å²) in [7, 11) is 0. The Morgan fingerprint density at radius 3 is 3.17 bits per heavy atom. The van der Waals surface area contributed by atoms with Gasteiger partial charge in [0.25, 0.3) is 0 Å². The average Bonchev–Trinajstić information content (AvgIpc) is 2.57. The van der Waals surface area contributed by atoms with Crippen LogP contribution in [0.1, 0.15) is 0 Å². The van der Waals surface area contributed by atoms with E-state index in [4.69, 9.17) is 10.9 Å². The van der Waals surface area contributed by atoms with Gasteiger partial charge >= 0.3 is 0 Å². The third-order valence-corrected chi connectivity index (χ3v) is 1.31. The van der Waals surface area contributed by atoms with Gasteiger partial charge in [-0.15, -0.1) is 0 Å². The molecule has 0 aromatic carbocycles. The maximum Gasteiger partial charge on any atom is 0.212 e. The molecule has 0 amide bonds. The lowest BCUT2D eigenvalue weighted by Crippen LogP contribution is -2.28. The van der Waals surface area contributed by atoms with Gasteiger partial charge in [0.1, 0.15) is 0 Å². The van der Waals surface area contributed by atoms with Gasteiger partial charge in [-0.2, -0.15) is 0 Å². The minimum absolute atomic E-state index is 0.0233. The number of imidazole rings is 1. The van der Waals surface area contributed by atoms with Crippen molar-refractivity contribution in [2.75, 3.05) is 6.54 Å². The number of hydroxylamine groups is 1. The Kier molecular flexibility index (Phi) is 3.09. The van der Waals surface area contributed by atoms with E-state index in [9.17, 15) is 0 Å². The van der Waals surface area contributed by atoms with E-state index < -0.39 is 0 Å². The van der Waals surface area contributed by atoms with Gasteiger partial charge in [0, 0.05) is 18.9 Å². The van der Waals surface area contributed by atoms with Crippen LogP contribution in [-0.4, -0.2) is 27.3 Å². The number of nitrogens with two attached hydrogens (primary N) is 1. The molecule has 1 aromatic rings. The molecule has 0 fully saturated rings. The normalized spacial score (nSPS) is 11.6. The van der Waals surface area contributed by atoms with Crippen molar-refractivity contribution in [2.45, 2.75) is 6.54 Å². The number of hydrogen-bond acceptors (Lipinski definition) is 3. The minimum atomic E-state index is 0.0233. The van der Waals surface area contributed by atoms with Gasteiger partial charge in [0.15, 0.2) is 0 Å². The summed E-state index contributed by atoms with van der Waals surface area (Å²) in [5, 5.41) is 8.27. The fourth-order valence-electron chi connectivity index (χ4n) is 0.740. The zero-order valence-corrected chi connectivity index (χ0v) is 6.51. The second-order valence-corrected chi connectivity index (χ2v) is 2.18. The highest BCUT2D eigenvalue weighted by Crippen LogP contribution is 1.85. The number of guanidine groups is 1. The van der Waals surface area contributed by atoms with E-state index in [0.29, 0.717) is 13.1 Å². The smallest absolute Gasteiger partial charge is 0.212 e. The molecule has 0 aliphatic rings. The molecule has 0 radical (unpaired) electrons. The van der Waals surface area contributed by atoms with Crippen LogP contribution < -0.4 is 11.2 Å². The molecule has 0 aliphatic carbocycles. The predicted octanol–water partition coefficient (Wildman–Crippen LogP) is -0.823. The summed E-state index contributed by atoms with van der Waals surface area (Å²) in [6, 6.07) is 0. The van der Waals surface area contributed by atoms with Crippen LogP contribution in [0.5, 0.6) is 0 Å². The highest BCUT2D eigenvalue weighted by Gasteiger charge is 1.88. The summed E-state index contributed by atoms with van der Waals surface area (Å²) in [6.45, 7) is 1.21. The average molecular weight is 169 g/mol. The standard InChI is InChI=1S/C6H11N5O/c7-6(10-12)9-2-4-11-3-1-8-5-11/h1,3,5,12H,2,4H2,(H3,7,9,10). The summed E-state index contributed by atoms with van der Waals surface area (Å²) >= 11 is 0. The Hall–Kier alpha value is -1.56. The van der Waals surface area contributed by atoms with Gasteiger partial charge in [-0.25, -0.2) is 15.5 Å². The molecule has 6 nitrogen and oxygen atoms in total. The highest BCUT2D eigenvalue weighted by atomic mass is 16.5. The van der Waals surface area contributed by atoms with E-state index in [0.717, 1.165) is 0 Å². The fourth-order valence-corrected chi connectivity index (χ4v) is 0.740. The first kappa shape index (κ1) is 8.54. The molecule has 66 valence electrons. The summed E-state index contributed by atoms with van der Waals surface area (Å²) in [6.07, 6.45) is 5.22. The van der Waals surface area contributed by atoms with Crippen molar-refractivity contribution in [3.05, 3.63) is 18.7 Å². The molecule has 0 saturated carbocycles. The molecule has 0 aliphatic heterocycles. The minimum Gasteiger partial charge on any atom is -0.368 e. The second-order valence-electron chi connectivity index (χ2n) is 2.18. The van der Waals surface area contributed by atoms with Crippen molar-refractivity contribution < 1.29 is 5.21 Å². The Balaban J connectivity index is 2.28. The number of aromatic nitrogens is 2. The molecule has 0 unspecified atom stereocenters. The number of nitrogens with zero attached hydrogens (tertiary/aromatic N) is 3. The summed E-state index contributed by atoms with van der Waals surface area (Å²) in [5.74, 6) is 0.0233. The lowest BCUT2D eigenvalue weighted by Gasteiger charge is -1.98. The monoisotopic (exact) mass is 169 g/mol. The van der Waals surface area contributed by atoms with E-state index >= 15 is 0 Å². The lowest BCUT2D eigenvalue weighted by atomic mass is 10.6. The van der Waals surface area contributed by atoms with Gasteiger partial charge < -0.3 is 10.3 Å². The number of hydrogen-bond donors (Lipinski definition) is 3. The van der Waals surface area contributed by atoms with Gasteiger partial charge in [0.2, 0.25) is 5.96 Å². The number of aliphatic imine (C=N–C) groups is 1. The Morgan fingerprint density at radius 1 is 1.75 bits per heavy atom. The molecule has 12 heavy (non-hydrogen) atoms. The van der Waals surface area contributed by atoms with E-state index in [2.05, 4.69) is 9.98 Å². The maximum atomic E-state index is 8.27. The fraction of sp³-hybridized carbons (Fsp3) is 0.333. The van der Waals surface area contributed by atoms with Gasteiger partial charge in [-0.3, -0.25) is 5.21 Å². The van der Waals surface area contributed by atoms with Crippen molar-refractivity contribution in [3.8, 4) is 0 Å². The van der Waals surface area contributed by atoms with E-state index in [1.165, 1.54) is 0 Å². The van der Waals surface area contributed by atoms with Crippen molar-refractivity contribution in [3.63, 3.8) is 0 Å². The van der Waals surface area contributed by atoms with Gasteiger partial charge in [-0.05, 0) is 0 Å². The number of nitrogens with one attached hydrogen (secondary N) is 1. The summed E-state index contributed by atoms with van der Waals surface area (Å²) in [4.78, 5) is 7.66. The van der Waals surface area contributed by atoms with Crippen molar-refractivity contribution in [2.24, 2.45) is 10.7 Å². The zero-order valence-electron chi connectivity index (χ0n) is 6.51. The molecule has 1 heterocycles. The molecule has 0 spiro atoms. The molecule has 1 aromatic heterocycles. The molecule has 0 bridgehead atoms. The van der Waals surface area contributed by atoms with Crippen molar-refractivity contribution in [1.82, 2.24) is 15.0 Å². The lowest BCUT2D eigenvalue weighted by molar-refractivity contribution is 0.232. The van der Waals surface area contributed by atoms with Crippen LogP contribution in [0.4, 0.5) is 0 Å². The molecule has 4 N–H and O–H groups in total. The largest absolute Gasteiger partial charge is 0.368 e. The van der Waals surface area contributed by atoms with Crippen LogP contribution in [0.2, 0.25) is 0 Å². The van der Waals surface area contributed by atoms with E-state index in [1.54, 1.807) is 18.0 Å². The van der Waals surface area contributed by atoms with Crippen LogP contribution >= 0.6 is 0 Å². The molecule has 0 atom stereocenters. The predicted molar refractivity (Wildman–Crippen MR) is 43.6 cm³/mol. The third-order valence-electron chi connectivity index (χ3n) is 1.31. The molecule has 0 saturated heterocycles. The zero-order chi connectivity index (χ0) is 8.81. The maximum absolute atomic E-state index is 8.27. The van der Waals surface area contributed by atoms with Crippen LogP contribution in [0, 0.1) is 0 Å². The van der Waals surface area contributed by atoms with E-state index in [1.807, 2.05) is 10.8 Å². The second kappa shape index (κ2) is 4.35. The topological polar surface area (TPSA) is 88.5 Å². The van der Waals surface area contributed by atoms with Crippen LogP contribution in [0.15, 0.2) is 23.7 Å². The molecular weight excluding hydrogens is 158 g/mol. The highest BCUT2D eigenvalue weighted by molar-refractivity contribution is 5.76. The van der Waals surface area contributed by atoms with Crippen LogP contribution in [0.3, 0.4) is 0 Å². The molecule has 1 rings (SSSR count). The third kappa shape index (κ3) is 2.59. The van der Waals surface area contributed by atoms with Crippen molar-refractivity contribution >= 4 is 5.96 Å². The SMILES string of the molecule is NC(=NCCn1ccnc1)NO. The Bertz CT molecular complexity index is 242. The first-order valence-electron chi connectivity index (χ1n) is 3.48. The van der Waals surface area contributed by atoms with Crippen molar-refractivity contribution in [1.29, 1.82) is 0 Å². The quantitative estimate of drug-likeness (QED) is 0.313. The Morgan fingerprint density at radius 2 is 2.58 bits per heavy atom. The van der Waals surface area contributed by atoms with Crippen LogP contribution in [-0.2, 0) is 6.54 Å². The molecular formula is C6H11N5O. The summed E-state index contributed by atoms with van der Waals surface area (Å²) < 4.78 is 1.87. The van der Waals surface area contributed by atoms with Crippen LogP contribution in [0.25, 0.3) is 0 Å². The summed E-state index contributed by atoms with van der Waals surface area (Å²) in [5.41, 5.74) is 6.92. The first-order valence-corrected chi connectivity index (χ1v) is 3.48. The molecule has 6 heteroatoms. The Labute approximate surface area is 69.7 Å². The van der Waals surface area contributed by atoms with Gasteiger partial charge in [-0.1, -0.05) is 0 Å². The first-order chi connectivity index (χ1) is 5.83. The van der Waals surface area contributed by atoms with Gasteiger partial charge in [0.05, 0.1) is 12.9 Å².